The summed E-state index contributed by atoms with van der Waals surface area (Å²) in [7, 11) is 7.29. The van der Waals surface area contributed by atoms with Crippen LogP contribution in [0.1, 0.15) is 148 Å². The van der Waals surface area contributed by atoms with Crippen molar-refractivity contribution in [3.05, 3.63) is 12.7 Å². The Balaban J connectivity index is -0.000000100. The third-order valence-electron chi connectivity index (χ3n) is 8.61. The van der Waals surface area contributed by atoms with Crippen LogP contribution in [-0.4, -0.2) is 147 Å². The maximum absolute atomic E-state index is 10.7. The number of rotatable bonds is 26. The van der Waals surface area contributed by atoms with Crippen molar-refractivity contribution < 1.29 is 54.4 Å². The van der Waals surface area contributed by atoms with Crippen molar-refractivity contribution in [2.75, 3.05) is 75.1 Å². The van der Waals surface area contributed by atoms with E-state index in [1.807, 2.05) is 67.5 Å². The second-order valence-electron chi connectivity index (χ2n) is 13.5. The quantitative estimate of drug-likeness (QED) is 0.0200. The number of hydrogen-bond acceptors (Lipinski definition) is 14. The average molecular weight is 864 g/mol. The third kappa shape index (κ3) is 51.1. The summed E-state index contributed by atoms with van der Waals surface area (Å²) in [5.74, 6) is 1.60. The van der Waals surface area contributed by atoms with E-state index in [0.717, 1.165) is 59.2 Å². The molecule has 14 nitrogen and oxygen atoms in total. The number of carbonyl (C=O) groups is 1. The number of aliphatic hydroxyl groups excluding tert-OH is 5. The molecule has 1 fully saturated rings. The molecule has 4 unspecified atom stereocenters. The smallest absolute Gasteiger partial charge is 0.219 e. The second kappa shape index (κ2) is 61.2. The number of nitrogens with one attached hydrogen (secondary N) is 1. The van der Waals surface area contributed by atoms with E-state index in [9.17, 15) is 15.0 Å². The summed E-state index contributed by atoms with van der Waals surface area (Å²) in [5, 5.41) is 53.5. The Morgan fingerprint density at radius 1 is 0.864 bits per heavy atom. The molecule has 0 bridgehead atoms. The number of nitrogens with zero attached hydrogens (tertiary/aromatic N) is 1. The number of nitrogens with two attached hydrogens (primary N) is 1. The number of ether oxygens (including phenoxy) is 4. The predicted molar refractivity (Wildman–Crippen MR) is 249 cm³/mol. The Morgan fingerprint density at radius 3 is 1.71 bits per heavy atom. The van der Waals surface area contributed by atoms with Gasteiger partial charge in [-0.1, -0.05) is 108 Å². The standard InChI is InChI=1S/C17H36N2O4.C7H14O3.C7H14O.C7H16O.2C2H6.CH5N.2CH4O/c1-7-9-13(3)22-17(19(5)6)23-16(18-11-8-2)14(4)15(21)10-12-20;1-2-5-9-7-10-6-3-4-8;1-4-6-5(2)7(6,3)8;1-3-4-7(2)5-6-8;5*1-2/h12-18,21H,7-11H2,1-6H3;2,8H,1,3-7H2;5-6,8H,4H2,1-3H3;7-8H,3-6H2,1-2H3;2*1-2H3;2H2,1H3;2*2H,1H3/t13?,14-,15+,16+,17?;;5?,6-,7-;;;;;;/m0.0....../s1. The highest BCUT2D eigenvalue weighted by Gasteiger charge is 2.55. The summed E-state index contributed by atoms with van der Waals surface area (Å²) >= 11 is 0. The molecule has 0 radical (unpaired) electrons. The summed E-state index contributed by atoms with van der Waals surface area (Å²) in [6.07, 6.45) is 9.18. The van der Waals surface area contributed by atoms with Crippen molar-refractivity contribution in [3.63, 3.8) is 0 Å². The van der Waals surface area contributed by atoms with Gasteiger partial charge in [0.1, 0.15) is 19.3 Å². The zero-order chi connectivity index (χ0) is 48.3. The molecule has 0 aromatic heterocycles. The predicted octanol–water partition coefficient (Wildman–Crippen LogP) is 6.57. The largest absolute Gasteiger partial charge is 0.400 e. The van der Waals surface area contributed by atoms with Gasteiger partial charge in [-0.15, -0.1) is 6.58 Å². The van der Waals surface area contributed by atoms with Crippen LogP contribution in [0.4, 0.5) is 0 Å². The van der Waals surface area contributed by atoms with E-state index in [1.165, 1.54) is 19.9 Å². The van der Waals surface area contributed by atoms with Crippen molar-refractivity contribution in [2.45, 2.75) is 178 Å². The molecular weight excluding hydrogens is 759 g/mol. The van der Waals surface area contributed by atoms with Gasteiger partial charge in [0.15, 0.2) is 0 Å². The maximum Gasteiger partial charge on any atom is 0.219 e. The zero-order valence-electron chi connectivity index (χ0n) is 41.8. The molecule has 1 rings (SSSR count). The van der Waals surface area contributed by atoms with Crippen LogP contribution >= 0.6 is 0 Å². The summed E-state index contributed by atoms with van der Waals surface area (Å²) < 4.78 is 21.9. The first-order chi connectivity index (χ1) is 28.2. The monoisotopic (exact) mass is 864 g/mol. The molecule has 1 aliphatic carbocycles. The number of aldehydes is 1. The number of hydrogen-bond donors (Lipinski definition) is 8. The van der Waals surface area contributed by atoms with Gasteiger partial charge in [0, 0.05) is 39.8 Å². The molecule has 0 aromatic rings. The van der Waals surface area contributed by atoms with E-state index in [2.05, 4.69) is 59.2 Å². The average Bonchev–Trinajstić information content (AvgIpc) is 3.75. The lowest BCUT2D eigenvalue weighted by Crippen LogP contribution is -2.49. The fraction of sp³-hybridized carbons (Fsp3) is 0.933. The SMILES string of the molecule is C=CCOCOCCCO.CC.CC.CCCC(C)CCO.CCCN[C@H](OC(OC(C)CCC)N(C)C)[C@@H](C)[C@H](O)CC=O.CC[C@H]1C(C)[C@]1(C)O.CN.CO.CO. The number of carbonyl (C=O) groups excluding carboxylic acids is 1. The van der Waals surface area contributed by atoms with Crippen LogP contribution in [0.15, 0.2) is 12.7 Å². The number of aliphatic hydroxyl groups is 6. The highest BCUT2D eigenvalue weighted by Crippen LogP contribution is 2.51. The highest BCUT2D eigenvalue weighted by molar-refractivity contribution is 5.50. The molecule has 1 saturated carbocycles. The molecule has 0 heterocycles. The zero-order valence-corrected chi connectivity index (χ0v) is 41.8. The van der Waals surface area contributed by atoms with Crippen LogP contribution in [0.3, 0.4) is 0 Å². The minimum Gasteiger partial charge on any atom is -0.400 e. The van der Waals surface area contributed by atoms with Gasteiger partial charge in [-0.3, -0.25) is 10.2 Å². The van der Waals surface area contributed by atoms with Crippen LogP contribution in [0, 0.1) is 23.7 Å². The summed E-state index contributed by atoms with van der Waals surface area (Å²) in [5.41, 5.74) is 4.18. The van der Waals surface area contributed by atoms with Crippen molar-refractivity contribution in [1.29, 1.82) is 0 Å². The summed E-state index contributed by atoms with van der Waals surface area (Å²) in [4.78, 5) is 12.5. The Bertz CT molecular complexity index is 735. The molecule has 9 atom stereocenters. The molecule has 9 N–H and O–H groups in total. The van der Waals surface area contributed by atoms with E-state index in [1.54, 1.807) is 6.08 Å². The Labute approximate surface area is 365 Å². The van der Waals surface area contributed by atoms with E-state index < -0.39 is 12.5 Å². The molecule has 59 heavy (non-hydrogen) atoms. The lowest BCUT2D eigenvalue weighted by Gasteiger charge is -2.35. The Kier molecular flexibility index (Phi) is 78.1. The maximum atomic E-state index is 10.7. The van der Waals surface area contributed by atoms with Crippen LogP contribution in [0.2, 0.25) is 0 Å². The first-order valence-electron chi connectivity index (χ1n) is 22.2. The minimum absolute atomic E-state index is 0.0921. The first-order valence-corrected chi connectivity index (χ1v) is 22.2. The van der Waals surface area contributed by atoms with Gasteiger partial charge in [-0.2, -0.15) is 0 Å². The Morgan fingerprint density at radius 2 is 1.37 bits per heavy atom. The second-order valence-corrected chi connectivity index (χ2v) is 13.5. The van der Waals surface area contributed by atoms with Gasteiger partial charge in [-0.05, 0) is 85.0 Å². The lowest BCUT2D eigenvalue weighted by molar-refractivity contribution is -0.266. The van der Waals surface area contributed by atoms with Crippen molar-refractivity contribution in [2.24, 2.45) is 29.4 Å². The molecule has 0 saturated heterocycles. The van der Waals surface area contributed by atoms with E-state index in [-0.39, 0.29) is 43.7 Å². The van der Waals surface area contributed by atoms with Crippen molar-refractivity contribution >= 4 is 6.29 Å². The Hall–Kier alpha value is -1.11. The fourth-order valence-corrected chi connectivity index (χ4v) is 5.09. The van der Waals surface area contributed by atoms with Gasteiger partial charge in [0.25, 0.3) is 0 Å². The highest BCUT2D eigenvalue weighted by atomic mass is 16.7. The van der Waals surface area contributed by atoms with E-state index in [0.29, 0.717) is 44.0 Å². The summed E-state index contributed by atoms with van der Waals surface area (Å²) in [6, 6.07) is 0. The third-order valence-corrected chi connectivity index (χ3v) is 8.61. The molecule has 0 aliphatic heterocycles. The minimum atomic E-state index is -0.738. The van der Waals surface area contributed by atoms with Crippen LogP contribution < -0.4 is 11.1 Å². The van der Waals surface area contributed by atoms with Crippen molar-refractivity contribution in [3.8, 4) is 0 Å². The molecular formula is C45H105N3O11. The first kappa shape index (κ1) is 75.3. The van der Waals surface area contributed by atoms with Crippen molar-refractivity contribution in [1.82, 2.24) is 10.2 Å². The van der Waals surface area contributed by atoms with Gasteiger partial charge in [0.05, 0.1) is 31.0 Å². The fourth-order valence-electron chi connectivity index (χ4n) is 5.09. The molecule has 0 spiro atoms. The normalized spacial score (nSPS) is 18.5. The van der Waals surface area contributed by atoms with Gasteiger partial charge >= 0.3 is 0 Å². The van der Waals surface area contributed by atoms with E-state index in [4.69, 9.17) is 39.4 Å². The van der Waals surface area contributed by atoms with Crippen LogP contribution in [0.5, 0.6) is 0 Å². The van der Waals surface area contributed by atoms with Crippen LogP contribution in [0.25, 0.3) is 0 Å². The van der Waals surface area contributed by atoms with Gasteiger partial charge < -0.3 is 60.1 Å². The topological polar surface area (TPSA) is 217 Å². The van der Waals surface area contributed by atoms with Crippen LogP contribution in [-0.2, 0) is 23.7 Å². The van der Waals surface area contributed by atoms with E-state index >= 15 is 0 Å². The van der Waals surface area contributed by atoms with Gasteiger partial charge in [-0.25, -0.2) is 0 Å². The molecule has 1 aliphatic rings. The summed E-state index contributed by atoms with van der Waals surface area (Å²) in [6.45, 7) is 32.7. The molecule has 366 valence electrons. The van der Waals surface area contributed by atoms with Gasteiger partial charge in [0.2, 0.25) is 6.41 Å². The molecule has 14 heteroatoms. The molecule has 0 amide bonds. The lowest BCUT2D eigenvalue weighted by atomic mass is 10.0. The molecule has 0 aromatic carbocycles.